The molecular weight excluding hydrogens is 562 g/mol. The Kier molecular flexibility index (Phi) is 8.85. The normalized spacial score (nSPS) is 40.1. The fourth-order valence-corrected chi connectivity index (χ4v) is 11.5. The first kappa shape index (κ1) is 32.7. The predicted molar refractivity (Wildman–Crippen MR) is 168 cm³/mol. The third-order valence-electron chi connectivity index (χ3n) is 12.9. The van der Waals surface area contributed by atoms with Crippen molar-refractivity contribution in [2.75, 3.05) is 6.61 Å². The van der Waals surface area contributed by atoms with E-state index in [1.165, 1.54) is 12.1 Å². The second-order valence-corrected chi connectivity index (χ2v) is 17.8. The number of ether oxygens (including phenoxy) is 1. The van der Waals surface area contributed by atoms with Gasteiger partial charge in [0.25, 0.3) is 10.0 Å². The van der Waals surface area contributed by atoms with E-state index in [4.69, 9.17) is 4.74 Å². The van der Waals surface area contributed by atoms with Crippen molar-refractivity contribution >= 4 is 16.1 Å². The molecule has 0 unspecified atom stereocenters. The van der Waals surface area contributed by atoms with E-state index in [2.05, 4.69) is 53.2 Å². The summed E-state index contributed by atoms with van der Waals surface area (Å²) in [6.07, 6.45) is 6.39. The smallest absolute Gasteiger partial charge is 0.421 e. The van der Waals surface area contributed by atoms with Gasteiger partial charge in [0.15, 0.2) is 0 Å². The SMILES string of the molecule is CC[C@H]1[C@@H](O)[C@@H]2[C@H](CC[C@]3(C)[C@@H]([C@H](C)COC(=O)NS(=O)(=O)c4ccc(C(C)(C)C)cc4)CC[C@@H]23)[C@@]2(C)CC[C@@H](O)C[C@@H]12. The van der Waals surface area contributed by atoms with Gasteiger partial charge in [-0.15, -0.1) is 0 Å². The Morgan fingerprint density at radius 2 is 1.63 bits per heavy atom. The fourth-order valence-electron chi connectivity index (χ4n) is 10.6. The minimum absolute atomic E-state index is 0.0354. The van der Waals surface area contributed by atoms with Crippen molar-refractivity contribution in [3.63, 3.8) is 0 Å². The number of aliphatic hydroxyl groups excluding tert-OH is 2. The quantitative estimate of drug-likeness (QED) is 0.329. The summed E-state index contributed by atoms with van der Waals surface area (Å²) in [6, 6.07) is 6.60. The summed E-state index contributed by atoms with van der Waals surface area (Å²) < 4.78 is 33.3. The van der Waals surface area contributed by atoms with Crippen LogP contribution in [-0.2, 0) is 20.2 Å². The Labute approximate surface area is 259 Å². The molecule has 4 fully saturated rings. The van der Waals surface area contributed by atoms with Crippen LogP contribution in [0.1, 0.15) is 105 Å². The van der Waals surface area contributed by atoms with Gasteiger partial charge in [-0.2, -0.15) is 0 Å². The molecule has 4 saturated carbocycles. The summed E-state index contributed by atoms with van der Waals surface area (Å²) in [4.78, 5) is 12.7. The van der Waals surface area contributed by atoms with Gasteiger partial charge in [0, 0.05) is 0 Å². The molecule has 4 aliphatic rings. The number of nitrogens with one attached hydrogen (secondary N) is 1. The monoisotopic (exact) mass is 617 g/mol. The molecule has 0 aliphatic heterocycles. The van der Waals surface area contributed by atoms with Crippen LogP contribution >= 0.6 is 0 Å². The minimum atomic E-state index is -4.03. The number of sulfonamides is 1. The minimum Gasteiger partial charge on any atom is -0.449 e. The summed E-state index contributed by atoms with van der Waals surface area (Å²) in [5.41, 5.74) is 1.11. The van der Waals surface area contributed by atoms with Crippen molar-refractivity contribution in [1.82, 2.24) is 4.72 Å². The van der Waals surface area contributed by atoms with E-state index in [1.54, 1.807) is 12.1 Å². The number of hydrogen-bond donors (Lipinski definition) is 3. The molecule has 0 heterocycles. The van der Waals surface area contributed by atoms with Gasteiger partial charge in [-0.05, 0) is 120 Å². The molecule has 0 saturated heterocycles. The molecule has 1 aromatic rings. The van der Waals surface area contributed by atoms with Crippen LogP contribution < -0.4 is 4.72 Å². The molecule has 11 atom stereocenters. The number of carbonyl (C=O) groups is 1. The van der Waals surface area contributed by atoms with Crippen molar-refractivity contribution in [3.8, 4) is 0 Å². The third kappa shape index (κ3) is 5.78. The van der Waals surface area contributed by atoms with Gasteiger partial charge >= 0.3 is 6.09 Å². The highest BCUT2D eigenvalue weighted by Crippen LogP contribution is 2.69. The molecule has 0 aromatic heterocycles. The lowest BCUT2D eigenvalue weighted by Crippen LogP contribution is -2.62. The van der Waals surface area contributed by atoms with Gasteiger partial charge in [-0.25, -0.2) is 17.9 Å². The standard InChI is InChI=1S/C35H55NO6S/c1-8-25-29-19-23(37)15-17-35(29,7)28-16-18-34(6)26(13-14-27(34)30(28)31(25)38)21(2)20-42-32(39)36-43(40,41)24-11-9-22(10-12-24)33(3,4)5/h9-12,21,23,25-31,37-38H,8,13-20H2,1-7H3,(H,36,39)/t21-,23-,25-,26-,27+,28+,29+,30+,31-,34-,35-/m1/s1. The summed E-state index contributed by atoms with van der Waals surface area (Å²) >= 11 is 0. The number of hydrogen-bond acceptors (Lipinski definition) is 6. The lowest BCUT2D eigenvalue weighted by molar-refractivity contribution is -0.203. The topological polar surface area (TPSA) is 113 Å². The number of benzene rings is 1. The maximum atomic E-state index is 12.9. The largest absolute Gasteiger partial charge is 0.449 e. The molecule has 1 amide bonds. The summed E-state index contributed by atoms with van der Waals surface area (Å²) in [5, 5.41) is 22.4. The zero-order valence-corrected chi connectivity index (χ0v) is 28.1. The van der Waals surface area contributed by atoms with E-state index < -0.39 is 16.1 Å². The second kappa shape index (κ2) is 11.6. The van der Waals surface area contributed by atoms with Crippen molar-refractivity contribution in [3.05, 3.63) is 29.8 Å². The van der Waals surface area contributed by atoms with Gasteiger partial charge in [-0.3, -0.25) is 0 Å². The van der Waals surface area contributed by atoms with E-state index in [9.17, 15) is 23.4 Å². The van der Waals surface area contributed by atoms with Crippen molar-refractivity contribution < 1.29 is 28.2 Å². The Morgan fingerprint density at radius 3 is 2.26 bits per heavy atom. The predicted octanol–water partition coefficient (Wildman–Crippen LogP) is 6.66. The van der Waals surface area contributed by atoms with Crippen molar-refractivity contribution in [2.24, 2.45) is 52.3 Å². The molecule has 0 bridgehead atoms. The van der Waals surface area contributed by atoms with E-state index >= 15 is 0 Å². The molecule has 43 heavy (non-hydrogen) atoms. The van der Waals surface area contributed by atoms with Crippen LogP contribution in [-0.4, -0.2) is 43.5 Å². The first-order valence-electron chi connectivity index (χ1n) is 16.7. The number of aliphatic hydroxyl groups is 2. The van der Waals surface area contributed by atoms with E-state index in [0.717, 1.165) is 56.9 Å². The highest BCUT2D eigenvalue weighted by atomic mass is 32.2. The number of amides is 1. The molecule has 242 valence electrons. The second-order valence-electron chi connectivity index (χ2n) is 16.1. The van der Waals surface area contributed by atoms with Gasteiger partial charge in [0.05, 0.1) is 23.7 Å². The Hall–Kier alpha value is -1.64. The lowest BCUT2D eigenvalue weighted by Gasteiger charge is -2.64. The van der Waals surface area contributed by atoms with Gasteiger partial charge in [0.1, 0.15) is 0 Å². The van der Waals surface area contributed by atoms with Crippen LogP contribution in [0.25, 0.3) is 0 Å². The maximum absolute atomic E-state index is 12.9. The summed E-state index contributed by atoms with van der Waals surface area (Å²) in [5.74, 6) is 2.14. The van der Waals surface area contributed by atoms with Crippen molar-refractivity contribution in [2.45, 2.75) is 122 Å². The molecule has 0 spiro atoms. The Bertz CT molecular complexity index is 1270. The van der Waals surface area contributed by atoms with Crippen LogP contribution in [0.5, 0.6) is 0 Å². The molecule has 5 rings (SSSR count). The average Bonchev–Trinajstić information content (AvgIpc) is 3.29. The van der Waals surface area contributed by atoms with Crippen LogP contribution in [0.4, 0.5) is 4.79 Å². The zero-order valence-electron chi connectivity index (χ0n) is 27.3. The maximum Gasteiger partial charge on any atom is 0.421 e. The first-order valence-corrected chi connectivity index (χ1v) is 18.2. The number of rotatable bonds is 6. The molecule has 0 radical (unpaired) electrons. The zero-order chi connectivity index (χ0) is 31.5. The third-order valence-corrected chi connectivity index (χ3v) is 14.2. The lowest BCUT2D eigenvalue weighted by atomic mass is 9.41. The number of fused-ring (bicyclic) bond motifs is 5. The molecule has 8 heteroatoms. The van der Waals surface area contributed by atoms with Crippen LogP contribution in [0, 0.1) is 52.3 Å². The highest BCUT2D eigenvalue weighted by molar-refractivity contribution is 7.90. The van der Waals surface area contributed by atoms with Gasteiger partial charge < -0.3 is 14.9 Å². The van der Waals surface area contributed by atoms with Gasteiger partial charge in [0.2, 0.25) is 0 Å². The molecule has 7 nitrogen and oxygen atoms in total. The molecule has 4 aliphatic carbocycles. The van der Waals surface area contributed by atoms with Crippen LogP contribution in [0.3, 0.4) is 0 Å². The summed E-state index contributed by atoms with van der Waals surface area (Å²) in [7, 11) is -4.03. The highest BCUT2D eigenvalue weighted by Gasteiger charge is 2.64. The van der Waals surface area contributed by atoms with E-state index in [-0.39, 0.29) is 57.7 Å². The Balaban J connectivity index is 1.24. The number of carbonyl (C=O) groups excluding carboxylic acids is 1. The fraction of sp³-hybridized carbons (Fsp3) is 0.800. The van der Waals surface area contributed by atoms with Crippen LogP contribution in [0.15, 0.2) is 29.2 Å². The van der Waals surface area contributed by atoms with Gasteiger partial charge in [-0.1, -0.05) is 67.0 Å². The molecular formula is C35H55NO6S. The Morgan fingerprint density at radius 1 is 1.00 bits per heavy atom. The van der Waals surface area contributed by atoms with Crippen LogP contribution in [0.2, 0.25) is 0 Å². The average molecular weight is 618 g/mol. The molecule has 1 aromatic carbocycles. The summed E-state index contributed by atoms with van der Waals surface area (Å²) in [6.45, 7) is 15.5. The van der Waals surface area contributed by atoms with Crippen molar-refractivity contribution in [1.29, 1.82) is 0 Å². The van der Waals surface area contributed by atoms with E-state index in [1.807, 2.05) is 0 Å². The molecule has 3 N–H and O–H groups in total. The first-order chi connectivity index (χ1) is 20.0. The van der Waals surface area contributed by atoms with E-state index in [0.29, 0.717) is 23.7 Å².